The van der Waals surface area contributed by atoms with Gasteiger partial charge in [0.2, 0.25) is 0 Å². The van der Waals surface area contributed by atoms with Crippen LogP contribution in [0.15, 0.2) is 53.5 Å². The summed E-state index contributed by atoms with van der Waals surface area (Å²) in [5, 5.41) is 22.1. The fraction of sp³-hybridized carbons (Fsp3) is 0.273. The molecule has 8 nitrogen and oxygen atoms in total. The zero-order valence-electron chi connectivity index (χ0n) is 17.4. The predicted molar refractivity (Wildman–Crippen MR) is 113 cm³/mol. The quantitative estimate of drug-likeness (QED) is 0.567. The van der Waals surface area contributed by atoms with Crippen LogP contribution in [0.25, 0.3) is 0 Å². The van der Waals surface area contributed by atoms with Gasteiger partial charge in [-0.15, -0.1) is 0 Å². The van der Waals surface area contributed by atoms with Crippen molar-refractivity contribution in [2.75, 3.05) is 26.2 Å². The molecule has 2 aromatic carbocycles. The Labute approximate surface area is 187 Å². The van der Waals surface area contributed by atoms with Gasteiger partial charge in [-0.25, -0.2) is 4.79 Å². The number of carboxylic acids is 1. The molecule has 0 radical (unpaired) electrons. The van der Waals surface area contributed by atoms with Crippen LogP contribution in [0.5, 0.6) is 5.75 Å². The zero-order valence-corrected chi connectivity index (χ0v) is 17.4. The van der Waals surface area contributed by atoms with Crippen LogP contribution in [-0.4, -0.2) is 55.2 Å². The van der Waals surface area contributed by atoms with Gasteiger partial charge >= 0.3 is 12.1 Å². The number of aliphatic carboxylic acids is 1. The van der Waals surface area contributed by atoms with Gasteiger partial charge in [-0.05, 0) is 36.8 Å². The van der Waals surface area contributed by atoms with Gasteiger partial charge in [0.05, 0.1) is 18.2 Å². The van der Waals surface area contributed by atoms with E-state index in [4.69, 9.17) is 19.9 Å². The maximum Gasteiger partial charge on any atom is 0.490 e. The second-order valence-corrected chi connectivity index (χ2v) is 6.63. The van der Waals surface area contributed by atoms with Gasteiger partial charge in [-0.2, -0.15) is 18.4 Å². The molecule has 0 atom stereocenters. The third kappa shape index (κ3) is 8.53. The number of amides is 1. The molecule has 1 aliphatic heterocycles. The number of ether oxygens (including phenoxy) is 1. The van der Waals surface area contributed by atoms with Crippen molar-refractivity contribution in [3.05, 3.63) is 65.2 Å². The fourth-order valence-corrected chi connectivity index (χ4v) is 2.60. The van der Waals surface area contributed by atoms with Crippen molar-refractivity contribution in [2.24, 2.45) is 4.99 Å². The second kappa shape index (κ2) is 12.1. The summed E-state index contributed by atoms with van der Waals surface area (Å²) in [6.45, 7) is 2.48. The lowest BCUT2D eigenvalue weighted by atomic mass is 10.1. The van der Waals surface area contributed by atoms with E-state index in [9.17, 15) is 18.0 Å². The molecular weight excluding hydrogens is 441 g/mol. The number of rotatable bonds is 6. The van der Waals surface area contributed by atoms with Crippen LogP contribution in [0, 0.1) is 11.3 Å². The molecule has 0 aromatic heterocycles. The highest BCUT2D eigenvalue weighted by atomic mass is 19.4. The number of benzene rings is 2. The number of hydrogen-bond donors (Lipinski definition) is 3. The summed E-state index contributed by atoms with van der Waals surface area (Å²) in [4.78, 5) is 25.5. The predicted octanol–water partition coefficient (Wildman–Crippen LogP) is 2.74. The first-order valence-corrected chi connectivity index (χ1v) is 9.80. The molecule has 33 heavy (non-hydrogen) atoms. The van der Waals surface area contributed by atoms with Gasteiger partial charge in [-0.3, -0.25) is 9.79 Å². The average molecular weight is 462 g/mol. The number of amidine groups is 1. The van der Waals surface area contributed by atoms with E-state index in [0.29, 0.717) is 30.0 Å². The van der Waals surface area contributed by atoms with Crippen molar-refractivity contribution in [1.82, 2.24) is 10.6 Å². The highest BCUT2D eigenvalue weighted by Gasteiger charge is 2.38. The Kier molecular flexibility index (Phi) is 9.23. The highest BCUT2D eigenvalue weighted by Crippen LogP contribution is 2.13. The lowest BCUT2D eigenvalue weighted by molar-refractivity contribution is -0.192. The third-order valence-corrected chi connectivity index (χ3v) is 4.18. The van der Waals surface area contributed by atoms with Gasteiger partial charge in [0, 0.05) is 24.2 Å². The molecule has 1 aliphatic rings. The maximum absolute atomic E-state index is 12.2. The number of aliphatic imine (C=N–C) groups is 1. The number of nitriles is 1. The van der Waals surface area contributed by atoms with Crippen LogP contribution in [0.3, 0.4) is 0 Å². The van der Waals surface area contributed by atoms with Crippen molar-refractivity contribution >= 4 is 17.7 Å². The van der Waals surface area contributed by atoms with Crippen molar-refractivity contribution < 1.29 is 32.6 Å². The molecule has 0 saturated carbocycles. The summed E-state index contributed by atoms with van der Waals surface area (Å²) in [7, 11) is 0. The minimum Gasteiger partial charge on any atom is -0.492 e. The van der Waals surface area contributed by atoms with Crippen LogP contribution in [0.1, 0.15) is 27.9 Å². The number of nitrogens with one attached hydrogen (secondary N) is 2. The minimum absolute atomic E-state index is 0.149. The van der Waals surface area contributed by atoms with Crippen LogP contribution >= 0.6 is 0 Å². The van der Waals surface area contributed by atoms with E-state index in [1.807, 2.05) is 12.1 Å². The lowest BCUT2D eigenvalue weighted by Gasteiger charge is -2.14. The topological polar surface area (TPSA) is 124 Å². The summed E-state index contributed by atoms with van der Waals surface area (Å²) in [6.07, 6.45) is -4.03. The molecule has 3 rings (SSSR count). The van der Waals surface area contributed by atoms with Crippen LogP contribution in [0.2, 0.25) is 0 Å². The Morgan fingerprint density at radius 2 is 1.91 bits per heavy atom. The SMILES string of the molecule is N#Cc1cccc(OCCNC(=O)c2ccc(C3=NCCCN3)cc2)c1.O=C(O)C(F)(F)F. The second-order valence-electron chi connectivity index (χ2n) is 6.63. The molecule has 1 heterocycles. The Hall–Kier alpha value is -4.07. The first-order chi connectivity index (χ1) is 15.7. The lowest BCUT2D eigenvalue weighted by Crippen LogP contribution is -2.30. The third-order valence-electron chi connectivity index (χ3n) is 4.18. The molecule has 11 heteroatoms. The maximum atomic E-state index is 12.2. The average Bonchev–Trinajstić information content (AvgIpc) is 2.82. The van der Waals surface area contributed by atoms with E-state index in [2.05, 4.69) is 21.7 Å². The number of hydrogen-bond acceptors (Lipinski definition) is 6. The minimum atomic E-state index is -5.08. The van der Waals surface area contributed by atoms with E-state index < -0.39 is 12.1 Å². The number of halogens is 3. The number of alkyl halides is 3. The summed E-state index contributed by atoms with van der Waals surface area (Å²) in [5.41, 5.74) is 2.13. The van der Waals surface area contributed by atoms with Gasteiger partial charge in [0.1, 0.15) is 18.2 Å². The van der Waals surface area contributed by atoms with Crippen molar-refractivity contribution in [2.45, 2.75) is 12.6 Å². The number of carbonyl (C=O) groups is 2. The Bertz CT molecular complexity index is 1030. The number of nitrogens with zero attached hydrogens (tertiary/aromatic N) is 2. The normalized spacial score (nSPS) is 12.7. The molecule has 3 N–H and O–H groups in total. The standard InChI is InChI=1S/C20H20N4O2.C2HF3O2/c21-14-15-3-1-4-18(13-15)26-12-11-24-20(25)17-7-5-16(6-8-17)19-22-9-2-10-23-19;3-2(4,5)1(6)7/h1,3-8,13H,2,9-12H2,(H,22,23)(H,24,25);(H,6,7). The molecule has 0 fully saturated rings. The van der Waals surface area contributed by atoms with Crippen molar-refractivity contribution in [1.29, 1.82) is 5.26 Å². The van der Waals surface area contributed by atoms with Gasteiger partial charge in [-0.1, -0.05) is 18.2 Å². The largest absolute Gasteiger partial charge is 0.492 e. The van der Waals surface area contributed by atoms with Gasteiger partial charge < -0.3 is 20.5 Å². The molecule has 0 aliphatic carbocycles. The summed E-state index contributed by atoms with van der Waals surface area (Å²) in [5.74, 6) is -1.41. The number of carboxylic acid groups (broad SMARTS) is 1. The van der Waals surface area contributed by atoms with E-state index in [1.165, 1.54) is 0 Å². The van der Waals surface area contributed by atoms with E-state index >= 15 is 0 Å². The van der Waals surface area contributed by atoms with E-state index in [-0.39, 0.29) is 5.91 Å². The zero-order chi connectivity index (χ0) is 24.3. The number of carbonyl (C=O) groups excluding carboxylic acids is 1. The van der Waals surface area contributed by atoms with E-state index in [1.54, 1.807) is 36.4 Å². The fourth-order valence-electron chi connectivity index (χ4n) is 2.60. The molecule has 174 valence electrons. The van der Waals surface area contributed by atoms with Crippen LogP contribution in [0.4, 0.5) is 13.2 Å². The van der Waals surface area contributed by atoms with Crippen molar-refractivity contribution in [3.63, 3.8) is 0 Å². The van der Waals surface area contributed by atoms with Crippen LogP contribution < -0.4 is 15.4 Å². The molecule has 0 spiro atoms. The molecule has 0 bridgehead atoms. The van der Waals surface area contributed by atoms with Gasteiger partial charge in [0.15, 0.2) is 0 Å². The van der Waals surface area contributed by atoms with E-state index in [0.717, 1.165) is 30.9 Å². The Balaban J connectivity index is 0.000000479. The Morgan fingerprint density at radius 3 is 2.48 bits per heavy atom. The monoisotopic (exact) mass is 462 g/mol. The molecule has 0 unspecified atom stereocenters. The summed E-state index contributed by atoms with van der Waals surface area (Å²) < 4.78 is 37.3. The first kappa shape index (κ1) is 25.2. The summed E-state index contributed by atoms with van der Waals surface area (Å²) in [6, 6.07) is 16.4. The molecule has 1 amide bonds. The van der Waals surface area contributed by atoms with Crippen molar-refractivity contribution in [3.8, 4) is 11.8 Å². The van der Waals surface area contributed by atoms with Gasteiger partial charge in [0.25, 0.3) is 5.91 Å². The summed E-state index contributed by atoms with van der Waals surface area (Å²) >= 11 is 0. The highest BCUT2D eigenvalue weighted by molar-refractivity contribution is 6.00. The first-order valence-electron chi connectivity index (χ1n) is 9.80. The molecule has 2 aromatic rings. The molecule has 0 saturated heterocycles. The van der Waals surface area contributed by atoms with Crippen LogP contribution in [-0.2, 0) is 4.79 Å². The molecular formula is C22H21F3N4O4. The smallest absolute Gasteiger partial charge is 0.490 e. The Morgan fingerprint density at radius 1 is 1.21 bits per heavy atom.